The molecule has 3 rings (SSSR count). The number of ether oxygens (including phenoxy) is 3. The lowest BCUT2D eigenvalue weighted by Gasteiger charge is -2.41. The molecule has 2 saturated heterocycles. The van der Waals surface area contributed by atoms with Crippen molar-refractivity contribution in [3.05, 3.63) is 0 Å². The van der Waals surface area contributed by atoms with E-state index in [1.165, 1.54) is 19.3 Å². The summed E-state index contributed by atoms with van der Waals surface area (Å²) in [5.41, 5.74) is 0.409. The number of rotatable bonds is 4. The van der Waals surface area contributed by atoms with Gasteiger partial charge in [0, 0.05) is 25.9 Å². The van der Waals surface area contributed by atoms with Crippen molar-refractivity contribution in [2.24, 2.45) is 11.3 Å². The van der Waals surface area contributed by atoms with E-state index in [2.05, 4.69) is 39.5 Å². The quantitative estimate of drug-likeness (QED) is 0.757. The minimum atomic E-state index is -0.256. The molecule has 3 atom stereocenters. The Morgan fingerprint density at radius 2 is 1.68 bits per heavy atom. The van der Waals surface area contributed by atoms with E-state index in [1.807, 2.05) is 0 Å². The maximum absolute atomic E-state index is 6.42. The Hall–Kier alpha value is -0.160. The van der Waals surface area contributed by atoms with E-state index < -0.39 is 0 Å². The number of morpholine rings is 1. The van der Waals surface area contributed by atoms with Crippen LogP contribution in [0, 0.1) is 11.3 Å². The first-order valence-electron chi connectivity index (χ1n) is 10.5. The van der Waals surface area contributed by atoms with Crippen molar-refractivity contribution in [2.75, 3.05) is 26.2 Å². The highest BCUT2D eigenvalue weighted by Crippen LogP contribution is 2.45. The third-order valence-electron chi connectivity index (χ3n) is 6.38. The molecule has 0 radical (unpaired) electrons. The molecule has 4 nitrogen and oxygen atoms in total. The molecule has 0 aromatic rings. The Morgan fingerprint density at radius 1 is 1.04 bits per heavy atom. The van der Waals surface area contributed by atoms with Crippen molar-refractivity contribution in [3.8, 4) is 0 Å². The molecule has 4 heteroatoms. The molecule has 1 saturated carbocycles. The molecule has 0 N–H and O–H groups in total. The molecule has 0 bridgehead atoms. The SMILES string of the molecule is CC1CN(CCCC2COC3(CCC(C(C)(C)C)CC3)O2)CC(C)O1. The Bertz CT molecular complexity index is 415. The van der Waals surface area contributed by atoms with Gasteiger partial charge < -0.3 is 14.2 Å². The summed E-state index contributed by atoms with van der Waals surface area (Å²) in [6, 6.07) is 0. The molecule has 3 aliphatic rings. The first-order chi connectivity index (χ1) is 11.8. The molecule has 1 spiro atoms. The molecular weight excluding hydrogens is 314 g/mol. The molecule has 2 heterocycles. The van der Waals surface area contributed by atoms with Gasteiger partial charge in [-0.2, -0.15) is 0 Å². The highest BCUT2D eigenvalue weighted by molar-refractivity contribution is 4.88. The molecule has 25 heavy (non-hydrogen) atoms. The molecule has 3 fully saturated rings. The molecule has 0 amide bonds. The van der Waals surface area contributed by atoms with E-state index in [0.717, 1.165) is 51.4 Å². The zero-order valence-electron chi connectivity index (χ0n) is 17.1. The Labute approximate surface area is 154 Å². The Morgan fingerprint density at radius 3 is 2.28 bits per heavy atom. The third-order valence-corrected chi connectivity index (χ3v) is 6.38. The van der Waals surface area contributed by atoms with Gasteiger partial charge in [-0.15, -0.1) is 0 Å². The zero-order valence-corrected chi connectivity index (χ0v) is 17.1. The average Bonchev–Trinajstić information content (AvgIpc) is 2.88. The molecule has 1 aliphatic carbocycles. The van der Waals surface area contributed by atoms with Crippen molar-refractivity contribution in [2.45, 2.75) is 97.2 Å². The van der Waals surface area contributed by atoms with Crippen LogP contribution in [0.1, 0.15) is 73.1 Å². The van der Waals surface area contributed by atoms with Crippen molar-refractivity contribution >= 4 is 0 Å². The van der Waals surface area contributed by atoms with Crippen molar-refractivity contribution < 1.29 is 14.2 Å². The molecule has 146 valence electrons. The summed E-state index contributed by atoms with van der Waals surface area (Å²) in [6.07, 6.45) is 7.93. The summed E-state index contributed by atoms with van der Waals surface area (Å²) in [4.78, 5) is 2.54. The average molecular weight is 354 g/mol. The van der Waals surface area contributed by atoms with E-state index in [9.17, 15) is 0 Å². The summed E-state index contributed by atoms with van der Waals surface area (Å²) in [5.74, 6) is 0.545. The van der Waals surface area contributed by atoms with Gasteiger partial charge in [0.05, 0.1) is 24.9 Å². The minimum absolute atomic E-state index is 0.256. The van der Waals surface area contributed by atoms with Crippen molar-refractivity contribution in [1.29, 1.82) is 0 Å². The largest absolute Gasteiger partial charge is 0.373 e. The van der Waals surface area contributed by atoms with Crippen LogP contribution in [0.15, 0.2) is 0 Å². The van der Waals surface area contributed by atoms with Gasteiger partial charge in [-0.3, -0.25) is 4.90 Å². The van der Waals surface area contributed by atoms with Crippen LogP contribution in [-0.4, -0.2) is 55.2 Å². The topological polar surface area (TPSA) is 30.9 Å². The third kappa shape index (κ3) is 5.18. The summed E-state index contributed by atoms with van der Waals surface area (Å²) in [6.45, 7) is 15.5. The highest BCUT2D eigenvalue weighted by atomic mass is 16.7. The van der Waals surface area contributed by atoms with Gasteiger partial charge in [0.2, 0.25) is 0 Å². The van der Waals surface area contributed by atoms with Gasteiger partial charge in [-0.1, -0.05) is 20.8 Å². The number of hydrogen-bond donors (Lipinski definition) is 0. The smallest absolute Gasteiger partial charge is 0.168 e. The molecule has 2 aliphatic heterocycles. The number of hydrogen-bond acceptors (Lipinski definition) is 4. The van der Waals surface area contributed by atoms with Crippen LogP contribution < -0.4 is 0 Å². The predicted octanol–water partition coefficient (Wildman–Crippen LogP) is 4.22. The first kappa shape index (κ1) is 19.6. The fourth-order valence-electron chi connectivity index (χ4n) is 4.95. The van der Waals surface area contributed by atoms with E-state index in [1.54, 1.807) is 0 Å². The van der Waals surface area contributed by atoms with Gasteiger partial charge in [0.1, 0.15) is 0 Å². The second-order valence-corrected chi connectivity index (χ2v) is 9.76. The van der Waals surface area contributed by atoms with Crippen molar-refractivity contribution in [1.82, 2.24) is 4.90 Å². The first-order valence-corrected chi connectivity index (χ1v) is 10.5. The highest BCUT2D eigenvalue weighted by Gasteiger charge is 2.45. The zero-order chi connectivity index (χ0) is 18.1. The van der Waals surface area contributed by atoms with E-state index >= 15 is 0 Å². The lowest BCUT2D eigenvalue weighted by molar-refractivity contribution is -0.197. The maximum atomic E-state index is 6.42. The van der Waals surface area contributed by atoms with Crippen LogP contribution in [0.2, 0.25) is 0 Å². The Kier molecular flexibility index (Phi) is 6.14. The lowest BCUT2D eigenvalue weighted by Crippen LogP contribution is -2.45. The lowest BCUT2D eigenvalue weighted by atomic mass is 9.71. The fraction of sp³-hybridized carbons (Fsp3) is 1.00. The van der Waals surface area contributed by atoms with Gasteiger partial charge >= 0.3 is 0 Å². The maximum Gasteiger partial charge on any atom is 0.168 e. The van der Waals surface area contributed by atoms with E-state index in [0.29, 0.717) is 23.7 Å². The van der Waals surface area contributed by atoms with Crippen LogP contribution in [0.3, 0.4) is 0 Å². The normalized spacial score (nSPS) is 40.7. The molecule has 0 aromatic heterocycles. The second-order valence-electron chi connectivity index (χ2n) is 9.76. The summed E-state index contributed by atoms with van der Waals surface area (Å²) in [5, 5.41) is 0. The summed E-state index contributed by atoms with van der Waals surface area (Å²) in [7, 11) is 0. The van der Waals surface area contributed by atoms with Crippen LogP contribution in [0.5, 0.6) is 0 Å². The van der Waals surface area contributed by atoms with Gasteiger partial charge in [0.15, 0.2) is 5.79 Å². The predicted molar refractivity (Wildman–Crippen MR) is 101 cm³/mol. The van der Waals surface area contributed by atoms with Gasteiger partial charge in [-0.05, 0) is 57.4 Å². The standard InChI is InChI=1S/C21H39NO3/c1-16-13-22(14-17(2)24-16)12-6-7-19-15-23-21(25-19)10-8-18(9-11-21)20(3,4)5/h16-19H,6-15H2,1-5H3. The Balaban J connectivity index is 1.37. The van der Waals surface area contributed by atoms with E-state index in [4.69, 9.17) is 14.2 Å². The monoisotopic (exact) mass is 353 g/mol. The molecular formula is C21H39NO3. The van der Waals surface area contributed by atoms with Crippen molar-refractivity contribution in [3.63, 3.8) is 0 Å². The summed E-state index contributed by atoms with van der Waals surface area (Å²) < 4.78 is 18.4. The second kappa shape index (κ2) is 7.84. The van der Waals surface area contributed by atoms with Crippen LogP contribution >= 0.6 is 0 Å². The van der Waals surface area contributed by atoms with E-state index in [-0.39, 0.29) is 5.79 Å². The van der Waals surface area contributed by atoms with Crippen LogP contribution in [0.4, 0.5) is 0 Å². The fourth-order valence-corrected chi connectivity index (χ4v) is 4.95. The molecule has 3 unspecified atom stereocenters. The number of nitrogens with zero attached hydrogens (tertiary/aromatic N) is 1. The molecule has 0 aromatic carbocycles. The van der Waals surface area contributed by atoms with Gasteiger partial charge in [0.25, 0.3) is 0 Å². The van der Waals surface area contributed by atoms with Crippen LogP contribution in [-0.2, 0) is 14.2 Å². The summed E-state index contributed by atoms with van der Waals surface area (Å²) >= 11 is 0. The van der Waals surface area contributed by atoms with Gasteiger partial charge in [-0.25, -0.2) is 0 Å². The van der Waals surface area contributed by atoms with Crippen LogP contribution in [0.25, 0.3) is 0 Å². The minimum Gasteiger partial charge on any atom is -0.373 e.